The van der Waals surface area contributed by atoms with Crippen LogP contribution in [-0.2, 0) is 13.0 Å². The average Bonchev–Trinajstić information content (AvgIpc) is 3.09. The number of nitrogens with zero attached hydrogens (tertiary/aromatic N) is 2. The van der Waals surface area contributed by atoms with E-state index in [0.29, 0.717) is 0 Å². The first-order chi connectivity index (χ1) is 11.3. The Morgan fingerprint density at radius 1 is 1.04 bits per heavy atom. The van der Waals surface area contributed by atoms with Crippen LogP contribution < -0.4 is 10.2 Å². The molecule has 1 aliphatic rings. The molecule has 2 aromatic rings. The zero-order valence-electron chi connectivity index (χ0n) is 14.0. The van der Waals surface area contributed by atoms with E-state index < -0.39 is 0 Å². The van der Waals surface area contributed by atoms with Gasteiger partial charge in [-0.1, -0.05) is 12.1 Å². The Labute approximate surface area is 139 Å². The smallest absolute Gasteiger partial charge is 0.103 e. The molecule has 1 saturated heterocycles. The van der Waals surface area contributed by atoms with E-state index in [9.17, 15) is 0 Å². The van der Waals surface area contributed by atoms with Crippen molar-refractivity contribution in [3.05, 3.63) is 54.0 Å². The molecular weight excluding hydrogens is 286 g/mol. The molecule has 0 amide bonds. The Hall–Kier alpha value is -1.78. The van der Waals surface area contributed by atoms with Crippen LogP contribution in [0.2, 0.25) is 0 Å². The number of likely N-dealkylation sites (N-methyl/N-ethyl adjacent to an activating group) is 1. The Bertz CT molecular complexity index is 557. The van der Waals surface area contributed by atoms with Crippen LogP contribution in [-0.4, -0.2) is 44.7 Å². The molecule has 0 atom stereocenters. The lowest BCUT2D eigenvalue weighted by molar-refractivity contribution is 0.313. The van der Waals surface area contributed by atoms with Gasteiger partial charge >= 0.3 is 0 Å². The zero-order chi connectivity index (χ0) is 15.9. The van der Waals surface area contributed by atoms with Crippen molar-refractivity contribution >= 4 is 5.69 Å². The minimum absolute atomic E-state index is 0.932. The summed E-state index contributed by atoms with van der Waals surface area (Å²) in [5, 5.41) is 3.51. The first kappa shape index (κ1) is 16.1. The summed E-state index contributed by atoms with van der Waals surface area (Å²) in [5.74, 6) is 1.07. The maximum absolute atomic E-state index is 5.34. The first-order valence-corrected chi connectivity index (χ1v) is 8.57. The van der Waals surface area contributed by atoms with Crippen molar-refractivity contribution in [3.63, 3.8) is 0 Å². The molecule has 0 spiro atoms. The summed E-state index contributed by atoms with van der Waals surface area (Å²) < 4.78 is 5.34. The Balaban J connectivity index is 1.37. The van der Waals surface area contributed by atoms with Crippen LogP contribution in [0.4, 0.5) is 5.69 Å². The van der Waals surface area contributed by atoms with Crippen LogP contribution in [0, 0.1) is 0 Å². The fraction of sp³-hybridized carbons (Fsp3) is 0.474. The Kier molecular flexibility index (Phi) is 5.72. The topological polar surface area (TPSA) is 31.6 Å². The summed E-state index contributed by atoms with van der Waals surface area (Å²) in [5.41, 5.74) is 2.69. The third-order valence-electron chi connectivity index (χ3n) is 4.49. The number of hydrogen-bond donors (Lipinski definition) is 1. The van der Waals surface area contributed by atoms with Gasteiger partial charge in [-0.25, -0.2) is 0 Å². The van der Waals surface area contributed by atoms with Crippen LogP contribution in [0.3, 0.4) is 0 Å². The molecule has 124 valence electrons. The van der Waals surface area contributed by atoms with E-state index in [-0.39, 0.29) is 0 Å². The quantitative estimate of drug-likeness (QED) is 0.797. The van der Waals surface area contributed by atoms with Crippen LogP contribution in [0.5, 0.6) is 0 Å². The number of benzene rings is 1. The second kappa shape index (κ2) is 8.18. The van der Waals surface area contributed by atoms with E-state index in [2.05, 4.69) is 46.4 Å². The minimum Gasteiger partial charge on any atom is -0.469 e. The highest BCUT2D eigenvalue weighted by Crippen LogP contribution is 2.17. The van der Waals surface area contributed by atoms with Gasteiger partial charge in [-0.05, 0) is 49.8 Å². The van der Waals surface area contributed by atoms with Crippen molar-refractivity contribution in [1.82, 2.24) is 10.2 Å². The van der Waals surface area contributed by atoms with Crippen LogP contribution in [0.25, 0.3) is 0 Å². The molecule has 0 saturated carbocycles. The van der Waals surface area contributed by atoms with E-state index in [1.54, 1.807) is 6.26 Å². The molecule has 3 rings (SSSR count). The number of piperazine rings is 1. The van der Waals surface area contributed by atoms with Crippen LogP contribution in [0.1, 0.15) is 17.7 Å². The lowest BCUT2D eigenvalue weighted by Crippen LogP contribution is -2.44. The second-order valence-corrected chi connectivity index (χ2v) is 6.32. The lowest BCUT2D eigenvalue weighted by Gasteiger charge is -2.34. The molecule has 0 bridgehead atoms. The van der Waals surface area contributed by atoms with Gasteiger partial charge < -0.3 is 19.5 Å². The minimum atomic E-state index is 0.932. The van der Waals surface area contributed by atoms with Gasteiger partial charge in [-0.2, -0.15) is 0 Å². The predicted molar refractivity (Wildman–Crippen MR) is 94.9 cm³/mol. The molecule has 1 N–H and O–H groups in total. The third-order valence-corrected chi connectivity index (χ3v) is 4.49. The molecule has 1 aromatic carbocycles. The normalized spacial score (nSPS) is 16.0. The molecule has 2 heterocycles. The van der Waals surface area contributed by atoms with Gasteiger partial charge in [0.25, 0.3) is 0 Å². The molecule has 0 unspecified atom stereocenters. The Morgan fingerprint density at radius 2 is 1.83 bits per heavy atom. The van der Waals surface area contributed by atoms with Gasteiger partial charge in [-0.3, -0.25) is 0 Å². The van der Waals surface area contributed by atoms with Crippen molar-refractivity contribution in [1.29, 1.82) is 0 Å². The standard InChI is InChI=1S/C19H27N3O/c1-21-11-13-22(14-12-21)18-8-6-17(7-9-18)16-20-10-2-4-19-5-3-15-23-19/h3,5-9,15,20H,2,4,10-14,16H2,1H3. The zero-order valence-corrected chi connectivity index (χ0v) is 14.0. The maximum Gasteiger partial charge on any atom is 0.103 e. The van der Waals surface area contributed by atoms with Gasteiger partial charge in [0.1, 0.15) is 5.76 Å². The monoisotopic (exact) mass is 313 g/mol. The van der Waals surface area contributed by atoms with Crippen LogP contribution in [0.15, 0.2) is 47.1 Å². The molecule has 0 radical (unpaired) electrons. The molecule has 0 aliphatic carbocycles. The van der Waals surface area contributed by atoms with Crippen molar-refractivity contribution < 1.29 is 4.42 Å². The largest absolute Gasteiger partial charge is 0.469 e. The van der Waals surface area contributed by atoms with E-state index in [1.165, 1.54) is 11.3 Å². The van der Waals surface area contributed by atoms with Gasteiger partial charge in [0, 0.05) is 44.8 Å². The van der Waals surface area contributed by atoms with E-state index in [4.69, 9.17) is 4.42 Å². The van der Waals surface area contributed by atoms with Crippen LogP contribution >= 0.6 is 0 Å². The molecule has 23 heavy (non-hydrogen) atoms. The van der Waals surface area contributed by atoms with E-state index >= 15 is 0 Å². The summed E-state index contributed by atoms with van der Waals surface area (Å²) in [6.45, 7) is 6.50. The fourth-order valence-electron chi connectivity index (χ4n) is 2.96. The molecule has 1 aliphatic heterocycles. The van der Waals surface area contributed by atoms with Gasteiger partial charge in [0.2, 0.25) is 0 Å². The second-order valence-electron chi connectivity index (χ2n) is 6.32. The van der Waals surface area contributed by atoms with Crippen molar-refractivity contribution in [2.45, 2.75) is 19.4 Å². The molecular formula is C19H27N3O. The highest BCUT2D eigenvalue weighted by molar-refractivity contribution is 5.48. The summed E-state index contributed by atoms with van der Waals surface area (Å²) in [6, 6.07) is 13.0. The molecule has 4 nitrogen and oxygen atoms in total. The summed E-state index contributed by atoms with van der Waals surface area (Å²) in [6.07, 6.45) is 3.85. The van der Waals surface area contributed by atoms with Gasteiger partial charge in [0.15, 0.2) is 0 Å². The van der Waals surface area contributed by atoms with E-state index in [1.807, 2.05) is 12.1 Å². The van der Waals surface area contributed by atoms with E-state index in [0.717, 1.165) is 57.9 Å². The summed E-state index contributed by atoms with van der Waals surface area (Å²) >= 11 is 0. The number of rotatable bonds is 7. The number of hydrogen-bond acceptors (Lipinski definition) is 4. The predicted octanol–water partition coefficient (Wildman–Crippen LogP) is 2.75. The fourth-order valence-corrected chi connectivity index (χ4v) is 2.96. The molecule has 4 heteroatoms. The van der Waals surface area contributed by atoms with Crippen molar-refractivity contribution in [3.8, 4) is 0 Å². The Morgan fingerprint density at radius 3 is 2.52 bits per heavy atom. The number of anilines is 1. The number of furan rings is 1. The van der Waals surface area contributed by atoms with Gasteiger partial charge in [-0.15, -0.1) is 0 Å². The third kappa shape index (κ3) is 4.85. The van der Waals surface area contributed by atoms with Crippen molar-refractivity contribution in [2.75, 3.05) is 44.7 Å². The number of aryl methyl sites for hydroxylation is 1. The maximum atomic E-state index is 5.34. The summed E-state index contributed by atoms with van der Waals surface area (Å²) in [4.78, 5) is 4.86. The highest BCUT2D eigenvalue weighted by Gasteiger charge is 2.13. The number of nitrogens with one attached hydrogen (secondary N) is 1. The first-order valence-electron chi connectivity index (χ1n) is 8.57. The lowest BCUT2D eigenvalue weighted by atomic mass is 10.1. The molecule has 1 aromatic heterocycles. The highest BCUT2D eigenvalue weighted by atomic mass is 16.3. The SMILES string of the molecule is CN1CCN(c2ccc(CNCCCc3ccco3)cc2)CC1. The summed E-state index contributed by atoms with van der Waals surface area (Å²) in [7, 11) is 2.19. The van der Waals surface area contributed by atoms with Crippen molar-refractivity contribution in [2.24, 2.45) is 0 Å². The average molecular weight is 313 g/mol. The molecule has 1 fully saturated rings. The van der Waals surface area contributed by atoms with Gasteiger partial charge in [0.05, 0.1) is 6.26 Å².